The number of ether oxygens (including phenoxy) is 1. The number of hydrogen-bond acceptors (Lipinski definition) is 10. The molecule has 1 amide bonds. The molecule has 1 aliphatic rings. The van der Waals surface area contributed by atoms with Crippen LogP contribution >= 0.6 is 0 Å². The maximum absolute atomic E-state index is 12.4. The van der Waals surface area contributed by atoms with Gasteiger partial charge in [-0.2, -0.15) is 0 Å². The van der Waals surface area contributed by atoms with Gasteiger partial charge in [-0.15, -0.1) is 0 Å². The van der Waals surface area contributed by atoms with Crippen LogP contribution in [0, 0.1) is 0 Å². The van der Waals surface area contributed by atoms with Crippen molar-refractivity contribution in [2.24, 2.45) is 0 Å². The number of fused-ring (bicyclic) bond motifs is 1. The number of rotatable bonds is 5. The van der Waals surface area contributed by atoms with Gasteiger partial charge < -0.3 is 20.7 Å². The highest BCUT2D eigenvalue weighted by Gasteiger charge is 2.20. The lowest BCUT2D eigenvalue weighted by atomic mass is 10.1. The first-order chi connectivity index (χ1) is 18.6. The van der Waals surface area contributed by atoms with Gasteiger partial charge in [0.1, 0.15) is 5.52 Å². The van der Waals surface area contributed by atoms with E-state index in [9.17, 15) is 4.79 Å². The number of hydrogen-bond donors (Lipinski definition) is 2. The molecule has 188 valence electrons. The van der Waals surface area contributed by atoms with Gasteiger partial charge in [0.05, 0.1) is 29.9 Å². The fourth-order valence-corrected chi connectivity index (χ4v) is 4.19. The zero-order valence-corrected chi connectivity index (χ0v) is 20.3. The second-order valence-electron chi connectivity index (χ2n) is 8.67. The summed E-state index contributed by atoms with van der Waals surface area (Å²) in [6, 6.07) is 13.0. The fraction of sp³-hybridized carbons (Fsp3) is 0.148. The molecule has 11 nitrogen and oxygen atoms in total. The van der Waals surface area contributed by atoms with Crippen LogP contribution in [0.1, 0.15) is 10.4 Å². The van der Waals surface area contributed by atoms with Crippen LogP contribution in [0.4, 0.5) is 17.5 Å². The van der Waals surface area contributed by atoms with E-state index < -0.39 is 0 Å². The zero-order valence-electron chi connectivity index (χ0n) is 20.3. The van der Waals surface area contributed by atoms with Crippen LogP contribution in [-0.4, -0.2) is 62.1 Å². The van der Waals surface area contributed by atoms with E-state index in [0.29, 0.717) is 60.0 Å². The highest BCUT2D eigenvalue weighted by Crippen LogP contribution is 2.30. The van der Waals surface area contributed by atoms with Gasteiger partial charge in [0.15, 0.2) is 11.6 Å². The maximum Gasteiger partial charge on any atom is 0.257 e. The number of aromatic nitrogens is 6. The highest BCUT2D eigenvalue weighted by atomic mass is 16.5. The molecule has 38 heavy (non-hydrogen) atoms. The number of anilines is 3. The Hall–Kier alpha value is -5.03. The molecule has 1 saturated heterocycles. The lowest BCUT2D eigenvalue weighted by Gasteiger charge is -2.28. The van der Waals surface area contributed by atoms with E-state index in [4.69, 9.17) is 25.4 Å². The largest absolute Gasteiger partial charge is 0.378 e. The third-order valence-electron chi connectivity index (χ3n) is 6.16. The molecule has 1 aliphatic heterocycles. The van der Waals surface area contributed by atoms with Crippen LogP contribution in [0.25, 0.3) is 33.5 Å². The lowest BCUT2D eigenvalue weighted by molar-refractivity contribution is 0.102. The number of nitrogens with two attached hydrogens (primary N) is 1. The molecule has 0 spiro atoms. The standard InChI is InChI=1S/C27H23N9O2/c28-27-31-15-20(16-32-27)24-34-22-12-19(14-30-23(22)25(35-24)36-8-10-38-11-9-36)17-3-5-21(6-4-17)33-26(37)18-2-1-7-29-13-18/h1-7,12-16H,8-11H2,(H,33,37)(H2,28,31,32). The van der Waals surface area contributed by atoms with Crippen LogP contribution in [0.2, 0.25) is 0 Å². The number of carbonyl (C=O) groups excluding carboxylic acids is 1. The minimum absolute atomic E-state index is 0.187. The molecular weight excluding hydrogens is 482 g/mol. The summed E-state index contributed by atoms with van der Waals surface area (Å²) in [5.41, 5.74) is 10.7. The molecule has 0 unspecified atom stereocenters. The molecule has 11 heteroatoms. The molecule has 4 aromatic heterocycles. The van der Waals surface area contributed by atoms with Gasteiger partial charge >= 0.3 is 0 Å². The second-order valence-corrected chi connectivity index (χ2v) is 8.67. The van der Waals surface area contributed by atoms with E-state index >= 15 is 0 Å². The summed E-state index contributed by atoms with van der Waals surface area (Å²) in [4.78, 5) is 41.1. The van der Waals surface area contributed by atoms with Gasteiger partial charge in [-0.3, -0.25) is 14.8 Å². The predicted molar refractivity (Wildman–Crippen MR) is 143 cm³/mol. The van der Waals surface area contributed by atoms with Crippen molar-refractivity contribution >= 4 is 34.4 Å². The number of nitrogen functional groups attached to an aromatic ring is 1. The van der Waals surface area contributed by atoms with Crippen molar-refractivity contribution in [3.8, 4) is 22.5 Å². The minimum Gasteiger partial charge on any atom is -0.378 e. The normalized spacial score (nSPS) is 13.4. The second kappa shape index (κ2) is 10.1. The molecule has 0 bridgehead atoms. The van der Waals surface area contributed by atoms with Gasteiger partial charge in [-0.05, 0) is 35.9 Å². The van der Waals surface area contributed by atoms with Crippen molar-refractivity contribution in [1.82, 2.24) is 29.9 Å². The monoisotopic (exact) mass is 505 g/mol. The van der Waals surface area contributed by atoms with E-state index in [1.807, 2.05) is 36.5 Å². The molecule has 1 aromatic carbocycles. The number of carbonyl (C=O) groups is 1. The Balaban J connectivity index is 1.34. The summed E-state index contributed by atoms with van der Waals surface area (Å²) in [7, 11) is 0. The van der Waals surface area contributed by atoms with E-state index in [1.165, 1.54) is 6.20 Å². The van der Waals surface area contributed by atoms with Crippen molar-refractivity contribution in [2.45, 2.75) is 0 Å². The number of nitrogens with zero attached hydrogens (tertiary/aromatic N) is 7. The van der Waals surface area contributed by atoms with Crippen LogP contribution in [-0.2, 0) is 4.74 Å². The van der Waals surface area contributed by atoms with Crippen LogP contribution < -0.4 is 16.0 Å². The molecule has 0 radical (unpaired) electrons. The van der Waals surface area contributed by atoms with Gasteiger partial charge in [-0.25, -0.2) is 19.9 Å². The Bertz CT molecular complexity index is 1590. The Morgan fingerprint density at radius 3 is 2.39 bits per heavy atom. The van der Waals surface area contributed by atoms with E-state index in [2.05, 4.69) is 25.2 Å². The lowest BCUT2D eigenvalue weighted by Crippen LogP contribution is -2.37. The summed E-state index contributed by atoms with van der Waals surface area (Å²) in [6.45, 7) is 2.65. The van der Waals surface area contributed by atoms with Crippen LogP contribution in [0.3, 0.4) is 0 Å². The number of benzene rings is 1. The first-order valence-corrected chi connectivity index (χ1v) is 12.0. The summed E-state index contributed by atoms with van der Waals surface area (Å²) in [6.07, 6.45) is 8.20. The molecule has 3 N–H and O–H groups in total. The predicted octanol–water partition coefficient (Wildman–Crippen LogP) is 3.21. The summed E-state index contributed by atoms with van der Waals surface area (Å²) in [5, 5.41) is 2.89. The molecule has 0 aliphatic carbocycles. The molecule has 5 aromatic rings. The summed E-state index contributed by atoms with van der Waals surface area (Å²) in [5.74, 6) is 1.20. The molecule has 5 heterocycles. The maximum atomic E-state index is 12.4. The summed E-state index contributed by atoms with van der Waals surface area (Å²) >= 11 is 0. The number of morpholine rings is 1. The van der Waals surface area contributed by atoms with E-state index in [0.717, 1.165) is 16.9 Å². The Labute approximate surface area is 217 Å². The zero-order chi connectivity index (χ0) is 25.9. The molecule has 0 saturated carbocycles. The van der Waals surface area contributed by atoms with E-state index in [-0.39, 0.29) is 11.9 Å². The van der Waals surface area contributed by atoms with Crippen LogP contribution in [0.15, 0.2) is 73.4 Å². The minimum atomic E-state index is -0.218. The van der Waals surface area contributed by atoms with Gasteiger partial charge in [0, 0.05) is 55.3 Å². The summed E-state index contributed by atoms with van der Waals surface area (Å²) < 4.78 is 5.53. The molecule has 1 fully saturated rings. The van der Waals surface area contributed by atoms with Gasteiger partial charge in [-0.1, -0.05) is 12.1 Å². The average molecular weight is 506 g/mol. The van der Waals surface area contributed by atoms with Crippen molar-refractivity contribution in [3.63, 3.8) is 0 Å². The first kappa shape index (κ1) is 23.4. The molecular formula is C27H23N9O2. The Kier molecular flexibility index (Phi) is 6.24. The number of nitrogens with one attached hydrogen (secondary N) is 1. The first-order valence-electron chi connectivity index (χ1n) is 12.0. The van der Waals surface area contributed by atoms with Gasteiger partial charge in [0.2, 0.25) is 5.95 Å². The fourth-order valence-electron chi connectivity index (χ4n) is 4.19. The van der Waals surface area contributed by atoms with Crippen LogP contribution in [0.5, 0.6) is 0 Å². The molecule has 6 rings (SSSR count). The Morgan fingerprint density at radius 2 is 1.66 bits per heavy atom. The topological polar surface area (TPSA) is 145 Å². The highest BCUT2D eigenvalue weighted by molar-refractivity contribution is 6.04. The third-order valence-corrected chi connectivity index (χ3v) is 6.16. The third kappa shape index (κ3) is 4.82. The van der Waals surface area contributed by atoms with Crippen molar-refractivity contribution in [3.05, 3.63) is 79.0 Å². The van der Waals surface area contributed by atoms with Crippen molar-refractivity contribution < 1.29 is 9.53 Å². The Morgan fingerprint density at radius 1 is 0.895 bits per heavy atom. The SMILES string of the molecule is Nc1ncc(-c2nc(N3CCOCC3)c3ncc(-c4ccc(NC(=O)c5cccnc5)cc4)cc3n2)cn1. The smallest absolute Gasteiger partial charge is 0.257 e. The number of amides is 1. The quantitative estimate of drug-likeness (QED) is 0.365. The van der Waals surface area contributed by atoms with Crippen molar-refractivity contribution in [1.29, 1.82) is 0 Å². The van der Waals surface area contributed by atoms with Gasteiger partial charge in [0.25, 0.3) is 5.91 Å². The van der Waals surface area contributed by atoms with E-state index in [1.54, 1.807) is 30.7 Å². The van der Waals surface area contributed by atoms with Crippen molar-refractivity contribution in [2.75, 3.05) is 42.3 Å². The average Bonchev–Trinajstić information content (AvgIpc) is 2.98. The molecule has 0 atom stereocenters. The number of pyridine rings is 2.